The van der Waals surface area contributed by atoms with Crippen LogP contribution in [0.3, 0.4) is 0 Å². The SMILES string of the molecule is CCCCCNc1nc(NCCC(CC)CO)c(-c2nc3ccccc3s2)c(C(F)(F)F)n1. The van der Waals surface area contributed by atoms with Crippen molar-refractivity contribution in [2.75, 3.05) is 30.3 Å². The molecular formula is C23H30F3N5OS. The monoisotopic (exact) mass is 481 g/mol. The minimum atomic E-state index is -4.68. The fraction of sp³-hybridized carbons (Fsp3) is 0.522. The van der Waals surface area contributed by atoms with Crippen LogP contribution in [0.5, 0.6) is 0 Å². The van der Waals surface area contributed by atoms with Crippen LogP contribution in [0.2, 0.25) is 0 Å². The van der Waals surface area contributed by atoms with Crippen molar-refractivity contribution < 1.29 is 18.3 Å². The number of aliphatic hydroxyl groups is 1. The summed E-state index contributed by atoms with van der Waals surface area (Å²) in [6, 6.07) is 7.23. The van der Waals surface area contributed by atoms with Gasteiger partial charge in [-0.2, -0.15) is 18.2 Å². The number of para-hydroxylation sites is 1. The minimum absolute atomic E-state index is 0.0325. The first-order chi connectivity index (χ1) is 15.9. The molecule has 0 amide bonds. The van der Waals surface area contributed by atoms with E-state index in [-0.39, 0.29) is 34.9 Å². The molecule has 0 bridgehead atoms. The Bertz CT molecular complexity index is 1000. The summed E-state index contributed by atoms with van der Waals surface area (Å²) in [4.78, 5) is 12.7. The number of halogens is 3. The molecule has 33 heavy (non-hydrogen) atoms. The molecule has 3 aromatic rings. The summed E-state index contributed by atoms with van der Waals surface area (Å²) in [6.07, 6.45) is -0.500. The fourth-order valence-electron chi connectivity index (χ4n) is 3.45. The minimum Gasteiger partial charge on any atom is -0.396 e. The highest BCUT2D eigenvalue weighted by molar-refractivity contribution is 7.21. The third-order valence-corrected chi connectivity index (χ3v) is 6.48. The maximum Gasteiger partial charge on any atom is 0.434 e. The Balaban J connectivity index is 2.04. The van der Waals surface area contributed by atoms with Crippen molar-refractivity contribution in [2.24, 2.45) is 5.92 Å². The van der Waals surface area contributed by atoms with Gasteiger partial charge in [0.25, 0.3) is 0 Å². The highest BCUT2D eigenvalue weighted by Gasteiger charge is 2.39. The number of aliphatic hydroxyl groups excluding tert-OH is 1. The molecule has 0 radical (unpaired) electrons. The van der Waals surface area contributed by atoms with E-state index in [1.54, 1.807) is 12.1 Å². The molecule has 0 aliphatic heterocycles. The lowest BCUT2D eigenvalue weighted by atomic mass is 10.0. The molecule has 1 atom stereocenters. The zero-order chi connectivity index (χ0) is 23.8. The van der Waals surface area contributed by atoms with E-state index in [1.807, 2.05) is 19.1 Å². The maximum absolute atomic E-state index is 14.2. The predicted molar refractivity (Wildman–Crippen MR) is 128 cm³/mol. The summed E-state index contributed by atoms with van der Waals surface area (Å²) in [5.74, 6) is 0.112. The summed E-state index contributed by atoms with van der Waals surface area (Å²) in [5, 5.41) is 15.7. The van der Waals surface area contributed by atoms with Gasteiger partial charge in [0.05, 0.1) is 15.8 Å². The second-order valence-electron chi connectivity index (χ2n) is 7.91. The van der Waals surface area contributed by atoms with Crippen LogP contribution in [0.4, 0.5) is 24.9 Å². The zero-order valence-corrected chi connectivity index (χ0v) is 19.7. The van der Waals surface area contributed by atoms with Crippen molar-refractivity contribution in [1.29, 1.82) is 0 Å². The van der Waals surface area contributed by atoms with Gasteiger partial charge in [-0.15, -0.1) is 11.3 Å². The van der Waals surface area contributed by atoms with Gasteiger partial charge in [0.15, 0.2) is 5.69 Å². The third kappa shape index (κ3) is 6.54. The Hall–Kier alpha value is -2.46. The Morgan fingerprint density at radius 1 is 1.03 bits per heavy atom. The molecule has 2 aromatic heterocycles. The molecule has 0 aliphatic rings. The van der Waals surface area contributed by atoms with E-state index in [0.717, 1.165) is 30.4 Å². The molecule has 3 N–H and O–H groups in total. The van der Waals surface area contributed by atoms with Gasteiger partial charge >= 0.3 is 6.18 Å². The number of alkyl halides is 3. The van der Waals surface area contributed by atoms with E-state index < -0.39 is 11.9 Å². The molecule has 6 nitrogen and oxygen atoms in total. The number of fused-ring (bicyclic) bond motifs is 1. The van der Waals surface area contributed by atoms with Crippen molar-refractivity contribution >= 4 is 33.3 Å². The van der Waals surface area contributed by atoms with E-state index >= 15 is 0 Å². The third-order valence-electron chi connectivity index (χ3n) is 5.43. The highest BCUT2D eigenvalue weighted by Crippen LogP contribution is 2.42. The summed E-state index contributed by atoms with van der Waals surface area (Å²) >= 11 is 1.18. The predicted octanol–water partition coefficient (Wildman–Crippen LogP) is 6.19. The second kappa shape index (κ2) is 11.6. The largest absolute Gasteiger partial charge is 0.434 e. The topological polar surface area (TPSA) is 83.0 Å². The maximum atomic E-state index is 14.2. The van der Waals surface area contributed by atoms with Crippen LogP contribution in [0.1, 0.15) is 51.6 Å². The summed E-state index contributed by atoms with van der Waals surface area (Å²) in [7, 11) is 0. The molecule has 2 heterocycles. The van der Waals surface area contributed by atoms with E-state index in [1.165, 1.54) is 11.3 Å². The van der Waals surface area contributed by atoms with Crippen LogP contribution in [0.25, 0.3) is 20.8 Å². The normalized spacial score (nSPS) is 12.8. The number of aromatic nitrogens is 3. The van der Waals surface area contributed by atoms with Gasteiger partial charge in [0, 0.05) is 19.7 Å². The lowest BCUT2D eigenvalue weighted by Gasteiger charge is -2.18. The van der Waals surface area contributed by atoms with Gasteiger partial charge in [-0.3, -0.25) is 0 Å². The first-order valence-corrected chi connectivity index (χ1v) is 12.1. The zero-order valence-electron chi connectivity index (χ0n) is 18.9. The molecule has 0 saturated heterocycles. The fourth-order valence-corrected chi connectivity index (χ4v) is 4.46. The van der Waals surface area contributed by atoms with Gasteiger partial charge in [0.2, 0.25) is 5.95 Å². The summed E-state index contributed by atoms with van der Waals surface area (Å²) < 4.78 is 43.2. The van der Waals surface area contributed by atoms with Crippen LogP contribution in [0, 0.1) is 5.92 Å². The summed E-state index contributed by atoms with van der Waals surface area (Å²) in [5.41, 5.74) is -0.518. The number of rotatable bonds is 12. The van der Waals surface area contributed by atoms with Gasteiger partial charge in [-0.25, -0.2) is 9.97 Å². The Kier molecular flexibility index (Phi) is 8.85. The van der Waals surface area contributed by atoms with Crippen molar-refractivity contribution in [3.8, 4) is 10.6 Å². The van der Waals surface area contributed by atoms with Gasteiger partial charge < -0.3 is 15.7 Å². The number of benzene rings is 1. The van der Waals surface area contributed by atoms with Crippen LogP contribution < -0.4 is 10.6 Å². The number of anilines is 2. The smallest absolute Gasteiger partial charge is 0.396 e. The molecule has 3 rings (SSSR count). The van der Waals surface area contributed by atoms with Crippen LogP contribution in [-0.4, -0.2) is 39.8 Å². The van der Waals surface area contributed by atoms with Gasteiger partial charge in [0.1, 0.15) is 10.8 Å². The first kappa shape index (κ1) is 25.2. The highest BCUT2D eigenvalue weighted by atomic mass is 32.1. The Morgan fingerprint density at radius 2 is 1.82 bits per heavy atom. The Morgan fingerprint density at radius 3 is 2.48 bits per heavy atom. The standard InChI is InChI=1S/C23H30F3N5OS/c1-3-5-8-12-28-22-30-19(23(24,25)26)18(20(31-22)27-13-11-15(4-2)14-32)21-29-16-9-6-7-10-17(16)33-21/h6-7,9-10,15,32H,3-5,8,11-14H2,1-2H3,(H2,27,28,30,31). The molecule has 1 unspecified atom stereocenters. The van der Waals surface area contributed by atoms with Crippen molar-refractivity contribution in [3.63, 3.8) is 0 Å². The van der Waals surface area contributed by atoms with Crippen LogP contribution in [0.15, 0.2) is 24.3 Å². The van der Waals surface area contributed by atoms with Gasteiger partial charge in [-0.1, -0.05) is 45.2 Å². The molecule has 0 fully saturated rings. The van der Waals surface area contributed by atoms with E-state index in [0.29, 0.717) is 25.0 Å². The molecule has 180 valence electrons. The average molecular weight is 482 g/mol. The molecule has 0 saturated carbocycles. The number of nitrogens with zero attached hydrogens (tertiary/aromatic N) is 3. The lowest BCUT2D eigenvalue weighted by Crippen LogP contribution is -2.18. The van der Waals surface area contributed by atoms with Crippen LogP contribution >= 0.6 is 11.3 Å². The number of thiazole rings is 1. The number of hydrogen-bond acceptors (Lipinski definition) is 7. The van der Waals surface area contributed by atoms with Crippen LogP contribution in [-0.2, 0) is 6.18 Å². The summed E-state index contributed by atoms with van der Waals surface area (Å²) in [6.45, 7) is 4.93. The molecule has 1 aromatic carbocycles. The second-order valence-corrected chi connectivity index (χ2v) is 8.94. The molecule has 0 spiro atoms. The van der Waals surface area contributed by atoms with Crippen molar-refractivity contribution in [2.45, 2.75) is 52.1 Å². The quantitative estimate of drug-likeness (QED) is 0.267. The van der Waals surface area contributed by atoms with Gasteiger partial charge in [-0.05, 0) is 30.9 Å². The Labute approximate surface area is 195 Å². The average Bonchev–Trinajstić information content (AvgIpc) is 3.22. The van der Waals surface area contributed by atoms with E-state index in [9.17, 15) is 18.3 Å². The first-order valence-electron chi connectivity index (χ1n) is 11.3. The van der Waals surface area contributed by atoms with Crippen molar-refractivity contribution in [1.82, 2.24) is 15.0 Å². The van der Waals surface area contributed by atoms with E-state index in [2.05, 4.69) is 32.5 Å². The molecular weight excluding hydrogens is 451 g/mol. The number of unbranched alkanes of at least 4 members (excludes halogenated alkanes) is 2. The molecule has 0 aliphatic carbocycles. The number of hydrogen-bond donors (Lipinski definition) is 3. The lowest BCUT2D eigenvalue weighted by molar-refractivity contribution is -0.140. The number of nitrogens with one attached hydrogen (secondary N) is 2. The van der Waals surface area contributed by atoms with Crippen molar-refractivity contribution in [3.05, 3.63) is 30.0 Å². The van der Waals surface area contributed by atoms with E-state index in [4.69, 9.17) is 0 Å². The molecule has 10 heteroatoms.